The molecule has 0 spiro atoms. The van der Waals surface area contributed by atoms with Crippen molar-refractivity contribution in [3.05, 3.63) is 41.1 Å². The van der Waals surface area contributed by atoms with Gasteiger partial charge in [0.1, 0.15) is 0 Å². The Hall–Kier alpha value is 1.94. The number of nitrogens with zero attached hydrogens (tertiary/aromatic N) is 1. The van der Waals surface area contributed by atoms with E-state index in [9.17, 15) is 4.79 Å². The van der Waals surface area contributed by atoms with Crippen LogP contribution in [0, 0.1) is 12.5 Å². The molecule has 1 N–H and O–H groups in total. The quantitative estimate of drug-likeness (QED) is 0.303. The first kappa shape index (κ1) is 26.2. The molecule has 1 saturated heterocycles. The van der Waals surface area contributed by atoms with E-state index in [2.05, 4.69) is 36.7 Å². The number of ketones is 1. The third-order valence-electron chi connectivity index (χ3n) is 3.52. The van der Waals surface area contributed by atoms with Crippen LogP contribution in [0.4, 0.5) is 0 Å². The molecule has 0 saturated carbocycles. The molecule has 2 radical (unpaired) electrons. The van der Waals surface area contributed by atoms with Gasteiger partial charge in [0, 0.05) is 113 Å². The summed E-state index contributed by atoms with van der Waals surface area (Å²) in [6, 6.07) is 0. The van der Waals surface area contributed by atoms with Crippen molar-refractivity contribution in [3.8, 4) is 0 Å². The summed E-state index contributed by atoms with van der Waals surface area (Å²) in [4.78, 5) is 16.2. The van der Waals surface area contributed by atoms with Gasteiger partial charge in [0.05, 0.1) is 5.78 Å². The van der Waals surface area contributed by atoms with Crippen LogP contribution in [0.5, 0.6) is 0 Å². The molecule has 0 aromatic carbocycles. The molecule has 0 amide bonds. The van der Waals surface area contributed by atoms with E-state index in [0.29, 0.717) is 0 Å². The van der Waals surface area contributed by atoms with Crippen molar-refractivity contribution >= 4 is 11.5 Å². The monoisotopic (exact) mass is 786 g/mol. The second-order valence-corrected chi connectivity index (χ2v) is 5.61. The van der Waals surface area contributed by atoms with E-state index in [1.54, 1.807) is 0 Å². The van der Waals surface area contributed by atoms with E-state index in [1.165, 1.54) is 5.70 Å². The minimum Gasteiger partial charge on any atom is -0.413 e. The number of aliphatic imine (C=N–C) groups is 1. The zero-order valence-electron chi connectivity index (χ0n) is 12.9. The van der Waals surface area contributed by atoms with Gasteiger partial charge in [0.25, 0.3) is 0 Å². The van der Waals surface area contributed by atoms with Crippen LogP contribution in [-0.2, 0) is 112 Å². The Balaban J connectivity index is 0. The van der Waals surface area contributed by atoms with Crippen LogP contribution < -0.4 is 5.32 Å². The van der Waals surface area contributed by atoms with Gasteiger partial charge in [-0.25, -0.2) is 0 Å². The SMILES string of the molecule is CC1=CC2=N/C(=C3/C[CH-]C(C)(C)N3)CC2=[C-]C1=O.[W].[W].[Y].[Y]. The van der Waals surface area contributed by atoms with Gasteiger partial charge in [0.15, 0.2) is 0 Å². The number of Topliss-reactive ketones (excluding diaryl/α,β-unsaturated/α-hetero) is 1. The molecule has 0 aromatic heterocycles. The maximum atomic E-state index is 11.6. The summed E-state index contributed by atoms with van der Waals surface area (Å²) < 4.78 is 0. The van der Waals surface area contributed by atoms with Crippen LogP contribution in [-0.4, -0.2) is 17.0 Å². The number of nitrogens with one attached hydrogen (secondary N) is 1. The van der Waals surface area contributed by atoms with E-state index in [4.69, 9.17) is 0 Å². The Morgan fingerprint density at radius 1 is 1.32 bits per heavy atom. The van der Waals surface area contributed by atoms with Crippen LogP contribution in [0.15, 0.2) is 33.6 Å². The number of carbonyl (C=O) groups is 1. The van der Waals surface area contributed by atoms with Crippen molar-refractivity contribution in [1.82, 2.24) is 5.32 Å². The molecule has 1 fully saturated rings. The summed E-state index contributed by atoms with van der Waals surface area (Å²) in [5, 5.41) is 3.47. The number of rotatable bonds is 0. The molecule has 2 heterocycles. The summed E-state index contributed by atoms with van der Waals surface area (Å²) >= 11 is 0. The third kappa shape index (κ3) is 5.74. The van der Waals surface area contributed by atoms with Crippen LogP contribution in [0.2, 0.25) is 0 Å². The molecule has 0 bridgehead atoms. The molecule has 0 unspecified atom stereocenters. The first-order chi connectivity index (χ1) is 8.44. The van der Waals surface area contributed by atoms with Gasteiger partial charge in [-0.3, -0.25) is 6.42 Å². The Labute approximate surface area is 211 Å². The molecular formula is C15H16N2OW2Y2-2. The average Bonchev–Trinajstić information content (AvgIpc) is 2.82. The molecule has 0 atom stereocenters. The maximum Gasteiger partial charge on any atom is 0.0707 e. The zero-order chi connectivity index (χ0) is 12.9. The van der Waals surface area contributed by atoms with E-state index in [1.807, 2.05) is 13.0 Å². The summed E-state index contributed by atoms with van der Waals surface area (Å²) in [5.74, 6) is -0.0125. The molecule has 3 nitrogen and oxygen atoms in total. The average molecular weight is 786 g/mol. The maximum absolute atomic E-state index is 11.6. The fourth-order valence-electron chi connectivity index (χ4n) is 2.46. The summed E-state index contributed by atoms with van der Waals surface area (Å²) in [6.07, 6.45) is 8.67. The van der Waals surface area contributed by atoms with E-state index < -0.39 is 0 Å². The van der Waals surface area contributed by atoms with E-state index in [0.717, 1.165) is 35.4 Å². The molecule has 7 heteroatoms. The summed E-state index contributed by atoms with van der Waals surface area (Å²) in [7, 11) is 0. The minimum atomic E-state index is -0.0125. The van der Waals surface area contributed by atoms with Gasteiger partial charge in [-0.1, -0.05) is 26.3 Å². The van der Waals surface area contributed by atoms with E-state index >= 15 is 0 Å². The molecule has 2 aliphatic heterocycles. The Morgan fingerprint density at radius 2 is 1.95 bits per heavy atom. The number of fused-ring (bicyclic) bond motifs is 1. The second-order valence-electron chi connectivity index (χ2n) is 5.61. The summed E-state index contributed by atoms with van der Waals surface area (Å²) in [6.45, 7) is 6.10. The number of hydrogen-bond acceptors (Lipinski definition) is 3. The normalized spacial score (nSPS) is 24.1. The van der Waals surface area contributed by atoms with Crippen LogP contribution >= 0.6 is 0 Å². The predicted octanol–water partition coefficient (Wildman–Crippen LogP) is 2.27. The Kier molecular flexibility index (Phi) is 12.1. The van der Waals surface area contributed by atoms with Crippen molar-refractivity contribution < 1.29 is 112 Å². The summed E-state index contributed by atoms with van der Waals surface area (Å²) in [5.41, 5.74) is 4.81. The van der Waals surface area contributed by atoms with Crippen LogP contribution in [0.3, 0.4) is 0 Å². The van der Waals surface area contributed by atoms with E-state index in [-0.39, 0.29) is 119 Å². The van der Waals surface area contributed by atoms with Crippen LogP contribution in [0.1, 0.15) is 33.6 Å². The van der Waals surface area contributed by atoms with Crippen molar-refractivity contribution in [2.24, 2.45) is 4.99 Å². The Morgan fingerprint density at radius 3 is 2.50 bits per heavy atom. The fraction of sp³-hybridized carbons (Fsp3) is 0.400. The second kappa shape index (κ2) is 10.2. The van der Waals surface area contributed by atoms with Gasteiger partial charge in [-0.2, -0.15) is 0 Å². The number of carbonyl (C=O) groups excluding carboxylic acids is 1. The van der Waals surface area contributed by atoms with Gasteiger partial charge in [0.2, 0.25) is 0 Å². The number of allylic oxidation sites excluding steroid dienone is 5. The third-order valence-corrected chi connectivity index (χ3v) is 3.52. The van der Waals surface area contributed by atoms with Gasteiger partial charge < -0.3 is 15.1 Å². The topological polar surface area (TPSA) is 41.5 Å². The molecular weight excluding hydrogens is 770 g/mol. The van der Waals surface area contributed by atoms with Gasteiger partial charge >= 0.3 is 0 Å². The standard InChI is InChI=1S/C15H16N2O.2W.2Y/c1-9-6-12-10(8-14(9)18)7-13(16-12)11-4-5-15(2,3)17-11;;;;/h5-6,17H,4,7H2,1-3H3;;;;/q-2;;;;/b13-11-;;;;. The van der Waals surface area contributed by atoms with Crippen molar-refractivity contribution in [3.63, 3.8) is 0 Å². The van der Waals surface area contributed by atoms with Gasteiger partial charge in [-0.05, 0) is 17.8 Å². The Bertz CT molecular complexity index is 578. The molecule has 1 aliphatic carbocycles. The molecule has 3 rings (SSSR count). The molecule has 22 heavy (non-hydrogen) atoms. The molecule has 3 aliphatic rings. The predicted molar refractivity (Wildman–Crippen MR) is 70.7 cm³/mol. The molecule has 112 valence electrons. The minimum absolute atomic E-state index is 0. The van der Waals surface area contributed by atoms with Crippen molar-refractivity contribution in [2.45, 2.75) is 39.2 Å². The zero-order valence-corrected chi connectivity index (χ0v) is 24.4. The van der Waals surface area contributed by atoms with Gasteiger partial charge in [-0.15, -0.1) is 29.7 Å². The number of hydrogen-bond donors (Lipinski definition) is 1. The fourth-order valence-corrected chi connectivity index (χ4v) is 2.46. The first-order valence-corrected chi connectivity index (χ1v) is 6.24. The largest absolute Gasteiger partial charge is 0.413 e. The smallest absolute Gasteiger partial charge is 0.0707 e. The van der Waals surface area contributed by atoms with Crippen molar-refractivity contribution in [1.29, 1.82) is 0 Å². The van der Waals surface area contributed by atoms with Crippen LogP contribution in [0.25, 0.3) is 0 Å². The first-order valence-electron chi connectivity index (χ1n) is 6.24. The van der Waals surface area contributed by atoms with Crippen molar-refractivity contribution in [2.75, 3.05) is 0 Å². The molecule has 0 aromatic rings.